The van der Waals surface area contributed by atoms with Crippen molar-refractivity contribution >= 4 is 6.08 Å². The van der Waals surface area contributed by atoms with Crippen molar-refractivity contribution in [2.45, 2.75) is 39.0 Å². The molecule has 1 N–H and O–H groups in total. The molecule has 3 unspecified atom stereocenters. The van der Waals surface area contributed by atoms with Gasteiger partial charge in [0.25, 0.3) is 0 Å². The maximum atomic E-state index is 8.35. The summed E-state index contributed by atoms with van der Waals surface area (Å²) < 4.78 is 14.9. The van der Waals surface area contributed by atoms with Crippen molar-refractivity contribution in [1.29, 1.82) is 5.41 Å². The van der Waals surface area contributed by atoms with Crippen molar-refractivity contribution < 1.29 is 7.54 Å². The molecule has 2 nitrogen and oxygen atoms in total. The number of isocyanates is 1. The van der Waals surface area contributed by atoms with E-state index in [1.54, 1.807) is 0 Å². The van der Waals surface area contributed by atoms with Gasteiger partial charge in [0, 0.05) is 2.74 Å². The number of hydrogen-bond acceptors (Lipinski definition) is 2. The second-order valence-electron chi connectivity index (χ2n) is 2.42. The van der Waals surface area contributed by atoms with Crippen LogP contribution in [0, 0.1) is 11.3 Å². The van der Waals surface area contributed by atoms with Gasteiger partial charge in [0.05, 0.1) is 0 Å². The highest BCUT2D eigenvalue weighted by atomic mass is 16.1. The first kappa shape index (κ1) is 6.11. The predicted molar refractivity (Wildman–Crippen MR) is 40.7 cm³/mol. The Bertz CT molecular complexity index is 157. The fraction of sp³-hybridized carbons (Fsp3) is 0.875. The molecule has 0 amide bonds. The highest BCUT2D eigenvalue weighted by molar-refractivity contribution is 5.26. The summed E-state index contributed by atoms with van der Waals surface area (Å²) in [4.78, 5) is 8.35. The normalized spacial score (nSPS) is 41.5. The van der Waals surface area contributed by atoms with Crippen molar-refractivity contribution in [3.8, 4) is 0 Å². The first-order chi connectivity index (χ1) is 5.61. The lowest BCUT2D eigenvalue weighted by Gasteiger charge is -2.15. The zero-order valence-corrected chi connectivity index (χ0v) is 6.26. The molecule has 0 aromatic rings. The molecule has 0 radical (unpaired) electrons. The number of carbonyl (C=O) groups excluding carboxylic acids is 1. The zero-order chi connectivity index (χ0) is 9.56. The molecule has 3 atom stereocenters. The molecule has 1 aliphatic rings. The van der Waals surface area contributed by atoms with E-state index in [4.69, 9.17) is 12.9 Å². The van der Waals surface area contributed by atoms with E-state index in [1.807, 2.05) is 0 Å². The molecule has 0 aromatic heterocycles. The average molecular weight is 143 g/mol. The fourth-order valence-corrected chi connectivity index (χ4v) is 0.945. The van der Waals surface area contributed by atoms with Crippen molar-refractivity contribution in [1.82, 2.24) is 0 Å². The van der Waals surface area contributed by atoms with Crippen LogP contribution < -0.4 is 0 Å². The summed E-state index contributed by atoms with van der Waals surface area (Å²) in [5, 5.41) is 5.40. The van der Waals surface area contributed by atoms with E-state index in [0.717, 1.165) is 25.3 Å². The van der Waals surface area contributed by atoms with Crippen LogP contribution in [-0.2, 0) is 4.79 Å². The van der Waals surface area contributed by atoms with Gasteiger partial charge in [-0.25, -0.2) is 10.2 Å². The van der Waals surface area contributed by atoms with Gasteiger partial charge in [-0.1, -0.05) is 39.0 Å². The molecule has 58 valence electrons. The van der Waals surface area contributed by atoms with Crippen LogP contribution in [0.15, 0.2) is 0 Å². The third-order valence-corrected chi connectivity index (χ3v) is 1.53. The molecule has 1 fully saturated rings. The second kappa shape index (κ2) is 6.50. The van der Waals surface area contributed by atoms with Crippen LogP contribution >= 0.6 is 0 Å². The minimum atomic E-state index is 0.0428. The number of hydrogen-bond donors (Lipinski definition) is 1. The summed E-state index contributed by atoms with van der Waals surface area (Å²) in [7, 11) is 0. The molecule has 0 aromatic carbocycles. The maximum absolute atomic E-state index is 8.35. The third-order valence-electron chi connectivity index (χ3n) is 1.53. The van der Waals surface area contributed by atoms with Gasteiger partial charge in [-0.2, -0.15) is 0 Å². The third kappa shape index (κ3) is 5.52. The number of nitrogens with one attached hydrogen (secondary N) is 1. The topological polar surface area (TPSA) is 40.9 Å². The second-order valence-corrected chi connectivity index (χ2v) is 2.42. The minimum absolute atomic E-state index is 0.0428. The maximum Gasteiger partial charge on any atom is 0.231 e. The lowest BCUT2D eigenvalue weighted by atomic mass is 9.91. The highest BCUT2D eigenvalue weighted by Gasteiger charge is 2.05. The summed E-state index contributed by atoms with van der Waals surface area (Å²) in [6, 6.07) is 0. The van der Waals surface area contributed by atoms with E-state index >= 15 is 0 Å². The molecule has 1 rings (SSSR count). The van der Waals surface area contributed by atoms with E-state index in [2.05, 4.69) is 6.92 Å². The van der Waals surface area contributed by atoms with Gasteiger partial charge in [-0.3, -0.25) is 0 Å². The van der Waals surface area contributed by atoms with Crippen LogP contribution in [0.4, 0.5) is 0 Å². The Morgan fingerprint density at radius 1 is 1.70 bits per heavy atom. The number of rotatable bonds is 0. The average Bonchev–Trinajstić information content (AvgIpc) is 1.99. The van der Waals surface area contributed by atoms with Crippen molar-refractivity contribution in [2.75, 3.05) is 0 Å². The Balaban J connectivity index is 0.000000354. The molecule has 1 saturated carbocycles. The lowest BCUT2D eigenvalue weighted by molar-refractivity contribution is 0.385. The molecule has 0 saturated heterocycles. The van der Waals surface area contributed by atoms with Gasteiger partial charge in [-0.05, 0) is 5.92 Å². The molecule has 0 heterocycles. The van der Waals surface area contributed by atoms with Crippen molar-refractivity contribution in [2.24, 2.45) is 5.92 Å². The van der Waals surface area contributed by atoms with Crippen LogP contribution in [-0.4, -0.2) is 6.08 Å². The first-order valence-corrected chi connectivity index (χ1v) is 3.50. The Morgan fingerprint density at radius 3 is 2.70 bits per heavy atom. The summed E-state index contributed by atoms with van der Waals surface area (Å²) in [6.45, 7) is 2.11. The van der Waals surface area contributed by atoms with Crippen molar-refractivity contribution in [3.05, 3.63) is 0 Å². The van der Waals surface area contributed by atoms with Crippen LogP contribution in [0.2, 0.25) is 0 Å². The van der Waals surface area contributed by atoms with Gasteiger partial charge in [-0.15, -0.1) is 0 Å². The van der Waals surface area contributed by atoms with E-state index < -0.39 is 0 Å². The lowest BCUT2D eigenvalue weighted by Crippen LogP contribution is -1.99. The standard InChI is InChI=1S/C7H14.CHNO/c1-7-5-3-2-4-6-7;2-1-3/h7H,2-6H2,1H3;2H/i2D,5D;. The molecule has 2 heteroatoms. The Labute approximate surface area is 65.0 Å². The molecule has 1 aliphatic carbocycles. The van der Waals surface area contributed by atoms with Gasteiger partial charge in [0.2, 0.25) is 6.08 Å². The summed E-state index contributed by atoms with van der Waals surface area (Å²) in [6.07, 6.45) is 3.74. The van der Waals surface area contributed by atoms with E-state index in [-0.39, 0.29) is 12.8 Å². The smallest absolute Gasteiger partial charge is 0.222 e. The predicted octanol–water partition coefficient (Wildman–Crippen LogP) is 2.49. The Kier molecular flexibility index (Phi) is 3.97. The van der Waals surface area contributed by atoms with Gasteiger partial charge >= 0.3 is 0 Å². The summed E-state index contributed by atoms with van der Waals surface area (Å²) in [5.74, 6) is 0.534. The molecular formula is C8H15NO. The molecular weight excluding hydrogens is 126 g/mol. The van der Waals surface area contributed by atoms with Gasteiger partial charge in [0.15, 0.2) is 0 Å². The fourth-order valence-electron chi connectivity index (χ4n) is 0.945. The van der Waals surface area contributed by atoms with Crippen LogP contribution in [0.25, 0.3) is 0 Å². The minimum Gasteiger partial charge on any atom is -0.222 e. The van der Waals surface area contributed by atoms with Crippen molar-refractivity contribution in [3.63, 3.8) is 0 Å². The van der Waals surface area contributed by atoms with Crippen LogP contribution in [0.1, 0.15) is 41.7 Å². The summed E-state index contributed by atoms with van der Waals surface area (Å²) in [5.41, 5.74) is 0. The SMILES string of the molecule is N=C=O.[2H]C1CCC(C)C([2H])C1. The largest absolute Gasteiger partial charge is 0.231 e. The van der Waals surface area contributed by atoms with E-state index in [0.29, 0.717) is 5.92 Å². The molecule has 0 aliphatic heterocycles. The molecule has 10 heavy (non-hydrogen) atoms. The zero-order valence-electron chi connectivity index (χ0n) is 8.26. The van der Waals surface area contributed by atoms with Gasteiger partial charge < -0.3 is 0 Å². The van der Waals surface area contributed by atoms with Crippen LogP contribution in [0.3, 0.4) is 0 Å². The van der Waals surface area contributed by atoms with Crippen LogP contribution in [0.5, 0.6) is 0 Å². The molecule has 0 bridgehead atoms. The first-order valence-electron chi connectivity index (χ1n) is 4.65. The van der Waals surface area contributed by atoms with Gasteiger partial charge in [0.1, 0.15) is 0 Å². The van der Waals surface area contributed by atoms with E-state index in [1.165, 1.54) is 0 Å². The molecule has 0 spiro atoms. The Morgan fingerprint density at radius 2 is 2.30 bits per heavy atom. The monoisotopic (exact) mass is 143 g/mol. The highest BCUT2D eigenvalue weighted by Crippen LogP contribution is 2.21. The summed E-state index contributed by atoms with van der Waals surface area (Å²) >= 11 is 0. The Hall–Kier alpha value is -0.620. The van der Waals surface area contributed by atoms with E-state index in [9.17, 15) is 0 Å². The quantitative estimate of drug-likeness (QED) is 0.410.